The fourth-order valence-electron chi connectivity index (χ4n) is 2.93. The zero-order valence-corrected chi connectivity index (χ0v) is 16.1. The number of carbonyl (C=O) groups excluding carboxylic acids is 1. The number of imidazole rings is 1. The number of hydrogen-bond donors (Lipinski definition) is 2. The number of aryl methyl sites for hydroxylation is 1. The summed E-state index contributed by atoms with van der Waals surface area (Å²) in [6.07, 6.45) is 0. The van der Waals surface area contributed by atoms with Crippen LogP contribution in [-0.2, 0) is 11.3 Å². The van der Waals surface area contributed by atoms with Crippen LogP contribution in [0, 0.1) is 6.92 Å². The molecule has 7 nitrogen and oxygen atoms in total. The Bertz CT molecular complexity index is 1170. The van der Waals surface area contributed by atoms with Crippen molar-refractivity contribution in [1.29, 1.82) is 0 Å². The van der Waals surface area contributed by atoms with Crippen LogP contribution >= 0.6 is 11.8 Å². The van der Waals surface area contributed by atoms with Crippen LogP contribution in [0.5, 0.6) is 0 Å². The number of halogens is 2. The number of aromatic amines is 1. The molecule has 2 heterocycles. The van der Waals surface area contributed by atoms with Gasteiger partial charge < -0.3 is 9.88 Å². The molecule has 0 aliphatic rings. The number of nitrogens with one attached hydrogen (secondary N) is 2. The highest BCUT2D eigenvalue weighted by atomic mass is 32.2. The summed E-state index contributed by atoms with van der Waals surface area (Å²) in [4.78, 5) is 21.1. The van der Waals surface area contributed by atoms with Crippen LogP contribution in [0.15, 0.2) is 53.7 Å². The fraction of sp³-hybridized carbons (Fsp3) is 0.158. The molecule has 0 saturated heterocycles. The number of alkyl halides is 2. The lowest BCUT2D eigenvalue weighted by Crippen LogP contribution is -2.19. The molecule has 2 aromatic carbocycles. The lowest BCUT2D eigenvalue weighted by Gasteiger charge is -2.10. The fourth-order valence-corrected chi connectivity index (χ4v) is 3.53. The number of nitrogens with zero attached hydrogens (tertiary/aromatic N) is 4. The summed E-state index contributed by atoms with van der Waals surface area (Å²) >= 11 is 0.320. The summed E-state index contributed by atoms with van der Waals surface area (Å²) in [6.45, 7) is 1.66. The molecule has 0 fully saturated rings. The molecule has 0 radical (unpaired) electrons. The molecule has 0 spiro atoms. The van der Waals surface area contributed by atoms with Crippen LogP contribution in [0.4, 0.5) is 14.5 Å². The molecule has 2 aromatic heterocycles. The molecule has 0 bridgehead atoms. The Labute approximate surface area is 168 Å². The summed E-state index contributed by atoms with van der Waals surface area (Å²) in [6, 6.07) is 14.1. The van der Waals surface area contributed by atoms with Gasteiger partial charge in [0, 0.05) is 11.3 Å². The standard InChI is InChI=1S/C19H16F2N6OS/c1-11-22-17(26-25-11)12-5-4-6-13(9-12)23-16(28)10-27-15-8-3-2-7-14(15)24-19(27)29-18(20)21/h2-9,18H,10H2,1H3,(H,23,28)(H,22,25,26). The van der Waals surface area contributed by atoms with Crippen molar-refractivity contribution in [2.75, 3.05) is 5.32 Å². The molecule has 4 rings (SSSR count). The van der Waals surface area contributed by atoms with Crippen molar-refractivity contribution >= 4 is 34.4 Å². The Morgan fingerprint density at radius 2 is 2.03 bits per heavy atom. The molecule has 10 heteroatoms. The van der Waals surface area contributed by atoms with Gasteiger partial charge in [-0.3, -0.25) is 9.89 Å². The van der Waals surface area contributed by atoms with Gasteiger partial charge in [-0.05, 0) is 43.0 Å². The molecule has 29 heavy (non-hydrogen) atoms. The molecule has 0 aliphatic carbocycles. The Hall–Kier alpha value is -3.27. The van der Waals surface area contributed by atoms with E-state index >= 15 is 0 Å². The summed E-state index contributed by atoms with van der Waals surface area (Å²) in [5.41, 5.74) is 2.48. The maximum atomic E-state index is 12.9. The Morgan fingerprint density at radius 1 is 1.21 bits per heavy atom. The second kappa shape index (κ2) is 8.00. The minimum absolute atomic E-state index is 0.0984. The Morgan fingerprint density at radius 3 is 2.79 bits per heavy atom. The molecule has 148 valence electrons. The topological polar surface area (TPSA) is 88.5 Å². The van der Waals surface area contributed by atoms with Crippen LogP contribution in [-0.4, -0.2) is 36.4 Å². The highest BCUT2D eigenvalue weighted by molar-refractivity contribution is 7.99. The van der Waals surface area contributed by atoms with Crippen molar-refractivity contribution < 1.29 is 13.6 Å². The minimum atomic E-state index is -2.63. The third-order valence-electron chi connectivity index (χ3n) is 4.12. The smallest absolute Gasteiger partial charge is 0.291 e. The van der Waals surface area contributed by atoms with Gasteiger partial charge >= 0.3 is 0 Å². The Kier molecular flexibility index (Phi) is 5.26. The number of anilines is 1. The zero-order valence-electron chi connectivity index (χ0n) is 15.3. The van der Waals surface area contributed by atoms with Crippen molar-refractivity contribution in [3.05, 3.63) is 54.4 Å². The van der Waals surface area contributed by atoms with Crippen molar-refractivity contribution in [1.82, 2.24) is 24.7 Å². The van der Waals surface area contributed by atoms with Crippen LogP contribution < -0.4 is 5.32 Å². The number of rotatable bonds is 6. The maximum absolute atomic E-state index is 12.9. The molecular weight excluding hydrogens is 398 g/mol. The normalized spacial score (nSPS) is 11.3. The number of aromatic nitrogens is 5. The SMILES string of the molecule is Cc1nc(-c2cccc(NC(=O)Cn3c(SC(F)F)nc4ccccc43)c2)n[nH]1. The minimum Gasteiger partial charge on any atom is -0.325 e. The third kappa shape index (κ3) is 4.27. The van der Waals surface area contributed by atoms with E-state index in [2.05, 4.69) is 25.5 Å². The summed E-state index contributed by atoms with van der Waals surface area (Å²) in [5, 5.41) is 9.77. The second-order valence-corrected chi connectivity index (χ2v) is 7.18. The number of hydrogen-bond acceptors (Lipinski definition) is 5. The van der Waals surface area contributed by atoms with E-state index in [1.807, 2.05) is 6.07 Å². The highest BCUT2D eigenvalue weighted by Gasteiger charge is 2.18. The molecule has 0 saturated carbocycles. The molecule has 1 amide bonds. The second-order valence-electron chi connectivity index (χ2n) is 6.22. The van der Waals surface area contributed by atoms with E-state index in [0.29, 0.717) is 40.1 Å². The molecule has 0 aliphatic heterocycles. The lowest BCUT2D eigenvalue weighted by atomic mass is 10.2. The molecular formula is C19H16F2N6OS. The van der Waals surface area contributed by atoms with Crippen molar-refractivity contribution in [2.24, 2.45) is 0 Å². The third-order valence-corrected chi connectivity index (χ3v) is 4.82. The lowest BCUT2D eigenvalue weighted by molar-refractivity contribution is -0.116. The van der Waals surface area contributed by atoms with Gasteiger partial charge in [0.05, 0.1) is 11.0 Å². The van der Waals surface area contributed by atoms with Gasteiger partial charge in [0.25, 0.3) is 5.76 Å². The first-order valence-electron chi connectivity index (χ1n) is 8.69. The number of amides is 1. The van der Waals surface area contributed by atoms with Gasteiger partial charge in [0.1, 0.15) is 12.4 Å². The van der Waals surface area contributed by atoms with Crippen molar-refractivity contribution in [3.8, 4) is 11.4 Å². The van der Waals surface area contributed by atoms with Gasteiger partial charge in [-0.15, -0.1) is 0 Å². The van der Waals surface area contributed by atoms with Crippen LogP contribution in [0.25, 0.3) is 22.4 Å². The van der Waals surface area contributed by atoms with Gasteiger partial charge in [-0.1, -0.05) is 24.3 Å². The number of H-pyrrole nitrogens is 1. The van der Waals surface area contributed by atoms with E-state index in [9.17, 15) is 13.6 Å². The number of benzene rings is 2. The van der Waals surface area contributed by atoms with E-state index in [1.54, 1.807) is 49.4 Å². The first kappa shape index (κ1) is 19.1. The van der Waals surface area contributed by atoms with Gasteiger partial charge in [0.2, 0.25) is 5.91 Å². The predicted octanol–water partition coefficient (Wildman–Crippen LogP) is 4.08. The first-order valence-corrected chi connectivity index (χ1v) is 9.57. The quantitative estimate of drug-likeness (QED) is 0.464. The van der Waals surface area contributed by atoms with E-state index in [-0.39, 0.29) is 17.6 Å². The molecule has 0 atom stereocenters. The van der Waals surface area contributed by atoms with E-state index in [0.717, 1.165) is 5.56 Å². The highest BCUT2D eigenvalue weighted by Crippen LogP contribution is 2.28. The summed E-state index contributed by atoms with van der Waals surface area (Å²) < 4.78 is 27.3. The van der Waals surface area contributed by atoms with Crippen molar-refractivity contribution in [2.45, 2.75) is 24.4 Å². The first-order chi connectivity index (χ1) is 14.0. The van der Waals surface area contributed by atoms with Gasteiger partial charge in [-0.2, -0.15) is 13.9 Å². The molecule has 4 aromatic rings. The number of thioether (sulfide) groups is 1. The maximum Gasteiger partial charge on any atom is 0.291 e. The van der Waals surface area contributed by atoms with Crippen LogP contribution in [0.3, 0.4) is 0 Å². The molecule has 2 N–H and O–H groups in total. The van der Waals surface area contributed by atoms with E-state index in [1.165, 1.54) is 4.57 Å². The summed E-state index contributed by atoms with van der Waals surface area (Å²) in [5.74, 6) is -1.77. The van der Waals surface area contributed by atoms with Crippen LogP contribution in [0.1, 0.15) is 5.82 Å². The largest absolute Gasteiger partial charge is 0.325 e. The zero-order chi connectivity index (χ0) is 20.4. The average Bonchev–Trinajstić information content (AvgIpc) is 3.26. The monoisotopic (exact) mass is 414 g/mol. The number of para-hydroxylation sites is 2. The number of carbonyl (C=O) groups is 1. The summed E-state index contributed by atoms with van der Waals surface area (Å²) in [7, 11) is 0. The molecule has 0 unspecified atom stereocenters. The van der Waals surface area contributed by atoms with E-state index < -0.39 is 5.76 Å². The average molecular weight is 414 g/mol. The van der Waals surface area contributed by atoms with Crippen molar-refractivity contribution in [3.63, 3.8) is 0 Å². The van der Waals surface area contributed by atoms with Gasteiger partial charge in [-0.25, -0.2) is 9.97 Å². The van der Waals surface area contributed by atoms with E-state index in [4.69, 9.17) is 0 Å². The Balaban J connectivity index is 1.56. The number of fused-ring (bicyclic) bond motifs is 1. The predicted molar refractivity (Wildman–Crippen MR) is 107 cm³/mol. The van der Waals surface area contributed by atoms with Crippen LogP contribution in [0.2, 0.25) is 0 Å². The van der Waals surface area contributed by atoms with Gasteiger partial charge in [0.15, 0.2) is 11.0 Å².